The topological polar surface area (TPSA) is 50.4 Å². The molecule has 1 aliphatic carbocycles. The van der Waals surface area contributed by atoms with E-state index >= 15 is 0 Å². The summed E-state index contributed by atoms with van der Waals surface area (Å²) in [5.74, 6) is 2.67. The molecule has 1 unspecified atom stereocenters. The molecule has 2 N–H and O–H groups in total. The maximum Gasteiger partial charge on any atom is 0.421 e. The number of benzene rings is 2. The van der Waals surface area contributed by atoms with Crippen LogP contribution in [0.5, 0.6) is 0 Å². The number of ether oxygens (including phenoxy) is 1. The number of hydrogen-bond donors (Lipinski definition) is 2. The summed E-state index contributed by atoms with van der Waals surface area (Å²) in [5.41, 5.74) is 9.58. The molecule has 0 aliphatic heterocycles. The zero-order valence-corrected chi connectivity index (χ0v) is 14.5. The molecule has 0 saturated carbocycles. The largest absolute Gasteiger partial charge is 0.448 e. The van der Waals surface area contributed by atoms with Crippen LogP contribution in [0.3, 0.4) is 0 Å². The third-order valence-corrected chi connectivity index (χ3v) is 4.81. The smallest absolute Gasteiger partial charge is 0.421 e. The zero-order valence-electron chi connectivity index (χ0n) is 14.5. The standard InChI is InChI=1S/C21H22N2O2/c1-4-21(3,5-2)23-22-20(24)25-14-19-17-12-8-6-10-15(17)16-11-7-9-13-18(16)19/h1,6-13,19,23H,5,14H2,2-3H3,(H,22,24). The second-order valence-electron chi connectivity index (χ2n) is 6.41. The number of rotatable bonds is 5. The van der Waals surface area contributed by atoms with Crippen molar-refractivity contribution in [2.24, 2.45) is 0 Å². The van der Waals surface area contributed by atoms with E-state index in [0.717, 1.165) is 0 Å². The van der Waals surface area contributed by atoms with E-state index in [4.69, 9.17) is 11.2 Å². The first-order chi connectivity index (χ1) is 12.1. The lowest BCUT2D eigenvalue weighted by Crippen LogP contribution is -2.51. The van der Waals surface area contributed by atoms with E-state index in [1.165, 1.54) is 22.3 Å². The van der Waals surface area contributed by atoms with Gasteiger partial charge < -0.3 is 4.74 Å². The Morgan fingerprint density at radius 2 is 1.72 bits per heavy atom. The maximum absolute atomic E-state index is 12.0. The summed E-state index contributed by atoms with van der Waals surface area (Å²) < 4.78 is 5.44. The van der Waals surface area contributed by atoms with Crippen molar-refractivity contribution >= 4 is 6.09 Å². The Labute approximate surface area is 148 Å². The van der Waals surface area contributed by atoms with Gasteiger partial charge in [0.1, 0.15) is 6.61 Å². The van der Waals surface area contributed by atoms with Crippen molar-refractivity contribution in [2.75, 3.05) is 6.61 Å². The van der Waals surface area contributed by atoms with Crippen LogP contribution in [-0.4, -0.2) is 18.2 Å². The van der Waals surface area contributed by atoms with Crippen LogP contribution in [-0.2, 0) is 4.74 Å². The number of fused-ring (bicyclic) bond motifs is 3. The molecule has 2 aromatic rings. The summed E-state index contributed by atoms with van der Waals surface area (Å²) in [6.07, 6.45) is 5.64. The highest BCUT2D eigenvalue weighted by atomic mass is 16.6. The molecule has 128 valence electrons. The van der Waals surface area contributed by atoms with Gasteiger partial charge in [0.15, 0.2) is 0 Å². The van der Waals surface area contributed by atoms with E-state index in [1.54, 1.807) is 0 Å². The molecule has 0 saturated heterocycles. The molecule has 4 heteroatoms. The predicted octanol–water partition coefficient (Wildman–Crippen LogP) is 3.83. The van der Waals surface area contributed by atoms with Crippen LogP contribution in [0.25, 0.3) is 11.1 Å². The van der Waals surface area contributed by atoms with Gasteiger partial charge in [-0.3, -0.25) is 5.43 Å². The Kier molecular flexibility index (Phi) is 4.78. The van der Waals surface area contributed by atoms with E-state index < -0.39 is 11.6 Å². The van der Waals surface area contributed by atoms with Gasteiger partial charge in [0.2, 0.25) is 0 Å². The van der Waals surface area contributed by atoms with E-state index in [0.29, 0.717) is 6.42 Å². The molecule has 1 atom stereocenters. The first kappa shape index (κ1) is 17.1. The molecular weight excluding hydrogens is 312 g/mol. The average Bonchev–Trinajstić information content (AvgIpc) is 2.98. The van der Waals surface area contributed by atoms with Crippen LogP contribution in [0, 0.1) is 12.3 Å². The first-order valence-electron chi connectivity index (χ1n) is 8.44. The molecule has 1 aliphatic rings. The Morgan fingerprint density at radius 1 is 1.16 bits per heavy atom. The highest BCUT2D eigenvalue weighted by Gasteiger charge is 2.29. The third-order valence-electron chi connectivity index (χ3n) is 4.81. The normalized spacial score (nSPS) is 14.8. The van der Waals surface area contributed by atoms with Gasteiger partial charge in [-0.25, -0.2) is 10.2 Å². The van der Waals surface area contributed by atoms with Gasteiger partial charge in [0, 0.05) is 5.92 Å². The molecule has 25 heavy (non-hydrogen) atoms. The van der Waals surface area contributed by atoms with Gasteiger partial charge in [-0.15, -0.1) is 6.42 Å². The lowest BCUT2D eigenvalue weighted by molar-refractivity contribution is 0.134. The summed E-state index contributed by atoms with van der Waals surface area (Å²) in [6.45, 7) is 4.07. The maximum atomic E-state index is 12.0. The van der Waals surface area contributed by atoms with Crippen LogP contribution >= 0.6 is 0 Å². The van der Waals surface area contributed by atoms with Gasteiger partial charge in [0.25, 0.3) is 0 Å². The van der Waals surface area contributed by atoms with Gasteiger partial charge in [-0.1, -0.05) is 61.4 Å². The minimum atomic E-state index is -0.592. The Bertz CT molecular complexity index is 779. The number of carbonyl (C=O) groups is 1. The molecule has 2 aromatic carbocycles. The summed E-state index contributed by atoms with van der Waals surface area (Å²) in [5, 5.41) is 0. The highest BCUT2D eigenvalue weighted by molar-refractivity contribution is 5.79. The molecule has 1 amide bonds. The van der Waals surface area contributed by atoms with E-state index in [-0.39, 0.29) is 12.5 Å². The predicted molar refractivity (Wildman–Crippen MR) is 98.9 cm³/mol. The number of amides is 1. The number of hydrazine groups is 1. The van der Waals surface area contributed by atoms with Crippen LogP contribution in [0.1, 0.15) is 37.3 Å². The number of hydrogen-bond acceptors (Lipinski definition) is 3. The van der Waals surface area contributed by atoms with Crippen molar-refractivity contribution in [3.05, 3.63) is 59.7 Å². The molecule has 3 rings (SSSR count). The summed E-state index contributed by atoms with van der Waals surface area (Å²) in [6, 6.07) is 16.5. The van der Waals surface area contributed by atoms with Gasteiger partial charge in [-0.05, 0) is 35.6 Å². The molecule has 0 heterocycles. The second-order valence-corrected chi connectivity index (χ2v) is 6.41. The molecule has 0 radical (unpaired) electrons. The van der Waals surface area contributed by atoms with Crippen molar-refractivity contribution in [1.82, 2.24) is 10.9 Å². The lowest BCUT2D eigenvalue weighted by Gasteiger charge is -2.23. The molecule has 0 spiro atoms. The summed E-state index contributed by atoms with van der Waals surface area (Å²) in [7, 11) is 0. The second kappa shape index (κ2) is 7.00. The van der Waals surface area contributed by atoms with E-state index in [1.807, 2.05) is 38.1 Å². The molecule has 0 fully saturated rings. The van der Waals surface area contributed by atoms with E-state index in [2.05, 4.69) is 41.0 Å². The molecule has 0 aromatic heterocycles. The van der Waals surface area contributed by atoms with Crippen molar-refractivity contribution in [3.63, 3.8) is 0 Å². The van der Waals surface area contributed by atoms with Crippen LogP contribution in [0.15, 0.2) is 48.5 Å². The summed E-state index contributed by atoms with van der Waals surface area (Å²) in [4.78, 5) is 12.0. The Morgan fingerprint density at radius 3 is 2.24 bits per heavy atom. The van der Waals surface area contributed by atoms with Crippen molar-refractivity contribution in [2.45, 2.75) is 31.7 Å². The monoisotopic (exact) mass is 334 g/mol. The molecule has 0 bridgehead atoms. The fourth-order valence-electron chi connectivity index (χ4n) is 3.05. The van der Waals surface area contributed by atoms with Gasteiger partial charge in [-0.2, -0.15) is 0 Å². The van der Waals surface area contributed by atoms with Crippen molar-refractivity contribution in [1.29, 1.82) is 0 Å². The minimum absolute atomic E-state index is 0.0448. The Balaban J connectivity index is 1.68. The van der Waals surface area contributed by atoms with Crippen LogP contribution < -0.4 is 10.9 Å². The molecular formula is C21H22N2O2. The fourth-order valence-corrected chi connectivity index (χ4v) is 3.05. The fraction of sp³-hybridized carbons (Fsp3) is 0.286. The average molecular weight is 334 g/mol. The number of carbonyl (C=O) groups excluding carboxylic acids is 1. The Hall–Kier alpha value is -2.77. The lowest BCUT2D eigenvalue weighted by atomic mass is 9.98. The zero-order chi connectivity index (χ0) is 17.9. The van der Waals surface area contributed by atoms with Crippen LogP contribution in [0.4, 0.5) is 4.79 Å². The number of terminal acetylenes is 1. The first-order valence-corrected chi connectivity index (χ1v) is 8.44. The van der Waals surface area contributed by atoms with E-state index in [9.17, 15) is 4.79 Å². The van der Waals surface area contributed by atoms with Gasteiger partial charge in [0.05, 0.1) is 5.54 Å². The van der Waals surface area contributed by atoms with Crippen molar-refractivity contribution < 1.29 is 9.53 Å². The highest BCUT2D eigenvalue weighted by Crippen LogP contribution is 2.44. The number of nitrogens with one attached hydrogen (secondary N) is 2. The molecule has 4 nitrogen and oxygen atoms in total. The van der Waals surface area contributed by atoms with Crippen LogP contribution in [0.2, 0.25) is 0 Å². The quantitative estimate of drug-likeness (QED) is 0.645. The summed E-state index contributed by atoms with van der Waals surface area (Å²) >= 11 is 0. The minimum Gasteiger partial charge on any atom is -0.448 e. The SMILES string of the molecule is C#CC(C)(CC)NNC(=O)OCC1c2ccccc2-c2ccccc21. The third kappa shape index (κ3) is 3.38. The van der Waals surface area contributed by atoms with Crippen molar-refractivity contribution in [3.8, 4) is 23.5 Å². The van der Waals surface area contributed by atoms with Gasteiger partial charge >= 0.3 is 6.09 Å².